The fraction of sp³-hybridized carbons (Fsp3) is 0.588. The second kappa shape index (κ2) is 8.80. The molecule has 2 N–H and O–H groups in total. The monoisotopic (exact) mass is 290 g/mol. The first-order chi connectivity index (χ1) is 10.2. The van der Waals surface area contributed by atoms with Crippen LogP contribution in [0.5, 0.6) is 0 Å². The molecule has 4 nitrogen and oxygen atoms in total. The summed E-state index contributed by atoms with van der Waals surface area (Å²) >= 11 is 0. The van der Waals surface area contributed by atoms with Gasteiger partial charge in [0.25, 0.3) is 0 Å². The van der Waals surface area contributed by atoms with Crippen molar-refractivity contribution in [2.75, 3.05) is 19.7 Å². The molecule has 4 heteroatoms. The number of benzene rings is 1. The normalized spacial score (nSPS) is 17.4. The highest BCUT2D eigenvalue weighted by molar-refractivity contribution is 5.76. The Balaban J connectivity index is 1.60. The van der Waals surface area contributed by atoms with Gasteiger partial charge in [0.15, 0.2) is 0 Å². The van der Waals surface area contributed by atoms with Crippen LogP contribution in [0.3, 0.4) is 0 Å². The molecule has 0 radical (unpaired) electrons. The lowest BCUT2D eigenvalue weighted by molar-refractivity contribution is -0.123. The van der Waals surface area contributed by atoms with Gasteiger partial charge in [-0.1, -0.05) is 30.3 Å². The molecule has 21 heavy (non-hydrogen) atoms. The summed E-state index contributed by atoms with van der Waals surface area (Å²) in [6.07, 6.45) is 3.73. The van der Waals surface area contributed by atoms with E-state index in [9.17, 15) is 4.79 Å². The van der Waals surface area contributed by atoms with Crippen LogP contribution >= 0.6 is 0 Å². The number of carbonyl (C=O) groups is 1. The second-order valence-electron chi connectivity index (χ2n) is 5.73. The summed E-state index contributed by atoms with van der Waals surface area (Å²) in [5.74, 6) is 0.0763. The number of ether oxygens (including phenoxy) is 1. The third kappa shape index (κ3) is 6.27. The van der Waals surface area contributed by atoms with Gasteiger partial charge in [0.1, 0.15) is 0 Å². The number of hydrogen-bond donors (Lipinski definition) is 2. The highest BCUT2D eigenvalue weighted by Gasteiger charge is 2.14. The van der Waals surface area contributed by atoms with E-state index < -0.39 is 0 Å². The van der Waals surface area contributed by atoms with Crippen LogP contribution in [-0.4, -0.2) is 37.7 Å². The van der Waals surface area contributed by atoms with Crippen LogP contribution in [0.4, 0.5) is 0 Å². The van der Waals surface area contributed by atoms with Gasteiger partial charge in [-0.05, 0) is 44.8 Å². The number of nitrogens with one attached hydrogen (secondary N) is 2. The Morgan fingerprint density at radius 2 is 2.05 bits per heavy atom. The van der Waals surface area contributed by atoms with Crippen molar-refractivity contribution in [1.29, 1.82) is 0 Å². The van der Waals surface area contributed by atoms with E-state index in [0.717, 1.165) is 32.4 Å². The van der Waals surface area contributed by atoms with E-state index >= 15 is 0 Å². The molecular weight excluding hydrogens is 264 g/mol. The van der Waals surface area contributed by atoms with E-state index in [1.54, 1.807) is 0 Å². The average molecular weight is 290 g/mol. The van der Waals surface area contributed by atoms with Crippen LogP contribution in [0.25, 0.3) is 0 Å². The fourth-order valence-electron chi connectivity index (χ4n) is 2.65. The quantitative estimate of drug-likeness (QED) is 0.806. The first-order valence-electron chi connectivity index (χ1n) is 7.89. The molecule has 116 valence electrons. The van der Waals surface area contributed by atoms with Gasteiger partial charge in [-0.2, -0.15) is 0 Å². The highest BCUT2D eigenvalue weighted by atomic mass is 16.5. The molecule has 0 aliphatic carbocycles. The Labute approximate surface area is 127 Å². The zero-order valence-electron chi connectivity index (χ0n) is 12.8. The first-order valence-corrected chi connectivity index (χ1v) is 7.89. The van der Waals surface area contributed by atoms with Gasteiger partial charge in [0.2, 0.25) is 5.91 Å². The van der Waals surface area contributed by atoms with Gasteiger partial charge < -0.3 is 15.4 Å². The minimum absolute atomic E-state index is 0.0763. The number of rotatable bonds is 7. The van der Waals surface area contributed by atoms with E-state index in [0.29, 0.717) is 19.1 Å². The molecule has 0 bridgehead atoms. The molecule has 1 aromatic rings. The Kier molecular flexibility index (Phi) is 6.70. The van der Waals surface area contributed by atoms with Crippen LogP contribution < -0.4 is 10.6 Å². The fourth-order valence-corrected chi connectivity index (χ4v) is 2.65. The van der Waals surface area contributed by atoms with Crippen molar-refractivity contribution >= 4 is 5.91 Å². The molecule has 1 fully saturated rings. The molecule has 1 atom stereocenters. The molecule has 1 aromatic carbocycles. The summed E-state index contributed by atoms with van der Waals surface area (Å²) in [7, 11) is 0. The van der Waals surface area contributed by atoms with Gasteiger partial charge in [0, 0.05) is 12.5 Å². The molecule has 1 saturated heterocycles. The Morgan fingerprint density at radius 1 is 1.33 bits per heavy atom. The van der Waals surface area contributed by atoms with Crippen LogP contribution in [0.2, 0.25) is 0 Å². The van der Waals surface area contributed by atoms with Gasteiger partial charge in [-0.15, -0.1) is 0 Å². The van der Waals surface area contributed by atoms with Gasteiger partial charge in [-0.25, -0.2) is 0 Å². The molecule has 0 aromatic heterocycles. The van der Waals surface area contributed by atoms with Crippen molar-refractivity contribution in [3.63, 3.8) is 0 Å². The largest absolute Gasteiger partial charge is 0.378 e. The third-order valence-electron chi connectivity index (χ3n) is 3.76. The number of amides is 1. The standard InChI is InChI=1S/C17H26N2O2/c1-14(13-15-5-3-2-4-6-15)19-17(20)9-12-21-16-7-10-18-11-8-16/h2-6,14,16,18H,7-13H2,1H3,(H,19,20). The number of carbonyl (C=O) groups excluding carboxylic acids is 1. The minimum Gasteiger partial charge on any atom is -0.378 e. The predicted molar refractivity (Wildman–Crippen MR) is 84.2 cm³/mol. The third-order valence-corrected chi connectivity index (χ3v) is 3.76. The molecule has 1 aliphatic heterocycles. The molecule has 1 heterocycles. The van der Waals surface area contributed by atoms with Gasteiger partial charge >= 0.3 is 0 Å². The van der Waals surface area contributed by atoms with Crippen molar-refractivity contribution in [1.82, 2.24) is 10.6 Å². The Bertz CT molecular complexity index is 416. The first kappa shape index (κ1) is 16.0. The molecule has 1 amide bonds. The van der Waals surface area contributed by atoms with Gasteiger partial charge in [0.05, 0.1) is 12.7 Å². The van der Waals surface area contributed by atoms with E-state index in [4.69, 9.17) is 4.74 Å². The smallest absolute Gasteiger partial charge is 0.222 e. The molecule has 0 saturated carbocycles. The zero-order valence-corrected chi connectivity index (χ0v) is 12.8. The minimum atomic E-state index is 0.0763. The van der Waals surface area contributed by atoms with Crippen molar-refractivity contribution in [3.8, 4) is 0 Å². The van der Waals surface area contributed by atoms with E-state index in [1.807, 2.05) is 25.1 Å². The van der Waals surface area contributed by atoms with E-state index in [1.165, 1.54) is 5.56 Å². The highest BCUT2D eigenvalue weighted by Crippen LogP contribution is 2.07. The molecule has 1 aliphatic rings. The van der Waals surface area contributed by atoms with Crippen LogP contribution in [0.15, 0.2) is 30.3 Å². The second-order valence-corrected chi connectivity index (χ2v) is 5.73. The maximum atomic E-state index is 11.9. The Morgan fingerprint density at radius 3 is 2.76 bits per heavy atom. The van der Waals surface area contributed by atoms with Crippen LogP contribution in [0.1, 0.15) is 31.7 Å². The predicted octanol–water partition coefficient (Wildman–Crippen LogP) is 1.89. The van der Waals surface area contributed by atoms with E-state index in [2.05, 4.69) is 22.8 Å². The molecule has 1 unspecified atom stereocenters. The lowest BCUT2D eigenvalue weighted by atomic mass is 10.1. The summed E-state index contributed by atoms with van der Waals surface area (Å²) in [6, 6.07) is 10.4. The van der Waals surface area contributed by atoms with Crippen molar-refractivity contribution < 1.29 is 9.53 Å². The van der Waals surface area contributed by atoms with Crippen molar-refractivity contribution in [3.05, 3.63) is 35.9 Å². The molecular formula is C17H26N2O2. The topological polar surface area (TPSA) is 50.4 Å². The lowest BCUT2D eigenvalue weighted by Crippen LogP contribution is -2.36. The van der Waals surface area contributed by atoms with Crippen molar-refractivity contribution in [2.24, 2.45) is 0 Å². The summed E-state index contributed by atoms with van der Waals surface area (Å²) in [6.45, 7) is 4.60. The van der Waals surface area contributed by atoms with Crippen LogP contribution in [-0.2, 0) is 16.0 Å². The maximum absolute atomic E-state index is 11.9. The maximum Gasteiger partial charge on any atom is 0.222 e. The molecule has 2 rings (SSSR count). The van der Waals surface area contributed by atoms with Crippen LogP contribution in [0, 0.1) is 0 Å². The summed E-state index contributed by atoms with van der Waals surface area (Å²) in [4.78, 5) is 11.9. The number of piperidine rings is 1. The summed E-state index contributed by atoms with van der Waals surface area (Å²) in [5.41, 5.74) is 1.25. The zero-order chi connectivity index (χ0) is 14.9. The summed E-state index contributed by atoms with van der Waals surface area (Å²) < 4.78 is 5.75. The lowest BCUT2D eigenvalue weighted by Gasteiger charge is -2.23. The van der Waals surface area contributed by atoms with E-state index in [-0.39, 0.29) is 11.9 Å². The van der Waals surface area contributed by atoms with Crippen molar-refractivity contribution in [2.45, 2.75) is 44.8 Å². The number of hydrogen-bond acceptors (Lipinski definition) is 3. The Hall–Kier alpha value is -1.39. The van der Waals surface area contributed by atoms with Gasteiger partial charge in [-0.3, -0.25) is 4.79 Å². The molecule has 0 spiro atoms. The SMILES string of the molecule is CC(Cc1ccccc1)NC(=O)CCOC1CCNCC1. The average Bonchev–Trinajstić information content (AvgIpc) is 2.49. The summed E-state index contributed by atoms with van der Waals surface area (Å²) in [5, 5.41) is 6.34.